The van der Waals surface area contributed by atoms with E-state index in [-0.39, 0.29) is 17.9 Å². The molecule has 0 amide bonds. The van der Waals surface area contributed by atoms with E-state index in [0.29, 0.717) is 5.56 Å². The largest absolute Gasteiger partial charge is 0.358 e. The fraction of sp³-hybridized carbons (Fsp3) is 0.222. The van der Waals surface area contributed by atoms with E-state index in [1.54, 1.807) is 19.1 Å². The van der Waals surface area contributed by atoms with Crippen molar-refractivity contribution < 1.29 is 22.1 Å². The molecule has 10 heteroatoms. The third-order valence-corrected chi connectivity index (χ3v) is 9.55. The zero-order valence-corrected chi connectivity index (χ0v) is 26.2. The van der Waals surface area contributed by atoms with E-state index in [0.717, 1.165) is 22.3 Å². The van der Waals surface area contributed by atoms with Crippen LogP contribution in [0, 0.1) is 13.8 Å². The van der Waals surface area contributed by atoms with Gasteiger partial charge in [0, 0.05) is 18.2 Å². The lowest BCUT2D eigenvalue weighted by atomic mass is 9.80. The van der Waals surface area contributed by atoms with Crippen molar-refractivity contribution in [1.29, 1.82) is 0 Å². The lowest BCUT2D eigenvalue weighted by molar-refractivity contribution is -0.0911. The predicted molar refractivity (Wildman–Crippen MR) is 173 cm³/mol. The van der Waals surface area contributed by atoms with E-state index in [1.807, 2.05) is 97.9 Å². The fourth-order valence-corrected chi connectivity index (χ4v) is 6.93. The van der Waals surface area contributed by atoms with Crippen LogP contribution in [0.3, 0.4) is 0 Å². The van der Waals surface area contributed by atoms with Crippen LogP contribution in [0.15, 0.2) is 136 Å². The summed E-state index contributed by atoms with van der Waals surface area (Å²) in [6.07, 6.45) is -1.44. The highest BCUT2D eigenvalue weighted by Crippen LogP contribution is 2.42. The van der Waals surface area contributed by atoms with Crippen LogP contribution >= 0.6 is 0 Å². The second-order valence-electron chi connectivity index (χ2n) is 11.3. The van der Waals surface area contributed by atoms with Crippen molar-refractivity contribution in [1.82, 2.24) is 9.55 Å². The minimum Gasteiger partial charge on any atom is -0.358 e. The molecule has 4 aromatic carbocycles. The van der Waals surface area contributed by atoms with Crippen LogP contribution in [0.1, 0.15) is 40.5 Å². The molecule has 2 heterocycles. The maximum absolute atomic E-state index is 13.5. The van der Waals surface area contributed by atoms with Gasteiger partial charge in [0.2, 0.25) is 0 Å². The molecule has 1 aromatic heterocycles. The van der Waals surface area contributed by atoms with E-state index in [4.69, 9.17) is 13.7 Å². The van der Waals surface area contributed by atoms with E-state index < -0.39 is 45.4 Å². The summed E-state index contributed by atoms with van der Waals surface area (Å²) in [5.74, 6) is 0. The van der Waals surface area contributed by atoms with Gasteiger partial charge in [-0.3, -0.25) is 18.5 Å². The summed E-state index contributed by atoms with van der Waals surface area (Å²) < 4.78 is 47.4. The number of rotatable bonds is 10. The third kappa shape index (κ3) is 6.25. The van der Waals surface area contributed by atoms with Gasteiger partial charge in [0.1, 0.15) is 24.0 Å². The number of hydrogen-bond donors (Lipinski definition) is 1. The highest BCUT2D eigenvalue weighted by Gasteiger charge is 2.44. The number of aryl methyl sites for hydroxylation is 2. The molecule has 0 spiro atoms. The lowest BCUT2D eigenvalue weighted by Gasteiger charge is -2.37. The Kier molecular flexibility index (Phi) is 8.88. The SMILES string of the molecule is Cc1ccc(S(=O)(=O)O[C@@H]2CC(n3cc(C)c(=O)[nH]c3=O)O[C@@H]2COC(c2ccccc2)(c2ccccc2)c2ccccc2)cc1. The molecule has 1 unspecified atom stereocenters. The minimum atomic E-state index is -4.22. The minimum absolute atomic E-state index is 0.00507. The number of aromatic amines is 1. The summed E-state index contributed by atoms with van der Waals surface area (Å²) in [6, 6.07) is 35.7. The van der Waals surface area contributed by atoms with Crippen LogP contribution in [0.5, 0.6) is 0 Å². The highest BCUT2D eigenvalue weighted by molar-refractivity contribution is 7.86. The topological polar surface area (TPSA) is 117 Å². The molecule has 0 aliphatic carbocycles. The van der Waals surface area contributed by atoms with Crippen LogP contribution in [0.4, 0.5) is 0 Å². The van der Waals surface area contributed by atoms with Crippen molar-refractivity contribution >= 4 is 10.1 Å². The van der Waals surface area contributed by atoms with E-state index in [9.17, 15) is 18.0 Å². The van der Waals surface area contributed by atoms with Gasteiger partial charge in [-0.15, -0.1) is 0 Å². The zero-order valence-electron chi connectivity index (χ0n) is 25.4. The van der Waals surface area contributed by atoms with Crippen molar-refractivity contribution in [2.45, 2.75) is 49.2 Å². The van der Waals surface area contributed by atoms with Crippen LogP contribution < -0.4 is 11.2 Å². The van der Waals surface area contributed by atoms with Gasteiger partial charge in [0.15, 0.2) is 0 Å². The first-order valence-electron chi connectivity index (χ1n) is 15.0. The molecule has 1 N–H and O–H groups in total. The summed E-state index contributed by atoms with van der Waals surface area (Å²) in [7, 11) is -4.22. The summed E-state index contributed by atoms with van der Waals surface area (Å²) in [4.78, 5) is 27.2. The Bertz CT molecular complexity index is 1910. The molecule has 3 atom stereocenters. The number of hydrogen-bond acceptors (Lipinski definition) is 7. The molecule has 236 valence electrons. The van der Waals surface area contributed by atoms with Gasteiger partial charge in [-0.2, -0.15) is 8.42 Å². The second-order valence-corrected chi connectivity index (χ2v) is 12.9. The summed E-state index contributed by atoms with van der Waals surface area (Å²) >= 11 is 0. The average Bonchev–Trinajstić information content (AvgIpc) is 3.46. The Hall–Kier alpha value is -4.61. The maximum Gasteiger partial charge on any atom is 0.330 e. The number of aromatic nitrogens is 2. The van der Waals surface area contributed by atoms with Crippen molar-refractivity contribution in [3.63, 3.8) is 0 Å². The van der Waals surface area contributed by atoms with Crippen molar-refractivity contribution in [3.05, 3.63) is 170 Å². The Morgan fingerprint density at radius 1 is 0.804 bits per heavy atom. The lowest BCUT2D eigenvalue weighted by Crippen LogP contribution is -2.39. The Morgan fingerprint density at radius 2 is 1.33 bits per heavy atom. The predicted octanol–water partition coefficient (Wildman–Crippen LogP) is 5.22. The number of ether oxygens (including phenoxy) is 2. The third-order valence-electron chi connectivity index (χ3n) is 8.20. The standard InChI is InChI=1S/C36H34N2O7S/c1-25-18-20-30(21-19-25)46(41,42)45-31-22-33(38-23-26(2)34(39)37-35(38)40)44-32(31)24-43-36(27-12-6-3-7-13-27,28-14-8-4-9-15-28)29-16-10-5-11-17-29/h3-21,23,31-33H,22,24H2,1-2H3,(H,37,39,40)/t31-,32-,33?/m1/s1. The van der Waals surface area contributed by atoms with E-state index in [2.05, 4.69) is 4.98 Å². The summed E-state index contributed by atoms with van der Waals surface area (Å²) in [5.41, 5.74) is 1.52. The van der Waals surface area contributed by atoms with Gasteiger partial charge in [-0.25, -0.2) is 4.79 Å². The molecular weight excluding hydrogens is 604 g/mol. The molecular formula is C36H34N2O7S. The summed E-state index contributed by atoms with van der Waals surface area (Å²) in [6.45, 7) is 3.34. The first kappa shape index (κ1) is 31.4. The molecule has 1 saturated heterocycles. The molecule has 0 saturated carbocycles. The molecule has 0 bridgehead atoms. The second kappa shape index (κ2) is 13.0. The molecule has 6 rings (SSSR count). The van der Waals surface area contributed by atoms with E-state index >= 15 is 0 Å². The van der Waals surface area contributed by atoms with Crippen LogP contribution in [0.2, 0.25) is 0 Å². The highest BCUT2D eigenvalue weighted by atomic mass is 32.2. The Balaban J connectivity index is 1.41. The molecule has 9 nitrogen and oxygen atoms in total. The fourth-order valence-electron chi connectivity index (χ4n) is 5.82. The number of H-pyrrole nitrogens is 1. The first-order chi connectivity index (χ1) is 22.2. The van der Waals surface area contributed by atoms with Crippen molar-refractivity contribution in [2.24, 2.45) is 0 Å². The van der Waals surface area contributed by atoms with Crippen LogP contribution in [-0.2, 0) is 29.4 Å². The van der Waals surface area contributed by atoms with Crippen LogP contribution in [-0.4, -0.2) is 36.8 Å². The first-order valence-corrected chi connectivity index (χ1v) is 16.4. The Labute approximate surface area is 267 Å². The molecule has 0 radical (unpaired) electrons. The molecule has 1 aliphatic heterocycles. The quantitative estimate of drug-likeness (QED) is 0.165. The molecule has 5 aromatic rings. The molecule has 1 fully saturated rings. The average molecular weight is 639 g/mol. The number of benzene rings is 4. The van der Waals surface area contributed by atoms with Gasteiger partial charge in [0.05, 0.1) is 11.5 Å². The normalized spacial score (nSPS) is 18.4. The molecule has 46 heavy (non-hydrogen) atoms. The van der Waals surface area contributed by atoms with Crippen molar-refractivity contribution in [2.75, 3.05) is 6.61 Å². The summed E-state index contributed by atoms with van der Waals surface area (Å²) in [5, 5.41) is 0. The van der Waals surface area contributed by atoms with Crippen molar-refractivity contribution in [3.8, 4) is 0 Å². The Morgan fingerprint density at radius 3 is 1.85 bits per heavy atom. The van der Waals surface area contributed by atoms with Gasteiger partial charge in [0.25, 0.3) is 15.7 Å². The van der Waals surface area contributed by atoms with Gasteiger partial charge >= 0.3 is 5.69 Å². The van der Waals surface area contributed by atoms with Gasteiger partial charge in [-0.1, -0.05) is 109 Å². The molecule has 1 aliphatic rings. The number of nitrogens with zero attached hydrogens (tertiary/aromatic N) is 1. The monoisotopic (exact) mass is 638 g/mol. The zero-order chi connectivity index (χ0) is 32.3. The maximum atomic E-state index is 13.5. The number of nitrogens with one attached hydrogen (secondary N) is 1. The van der Waals surface area contributed by atoms with E-state index in [1.165, 1.54) is 22.9 Å². The van der Waals surface area contributed by atoms with Gasteiger partial charge in [-0.05, 0) is 42.7 Å². The van der Waals surface area contributed by atoms with Crippen LogP contribution in [0.25, 0.3) is 0 Å². The smallest absolute Gasteiger partial charge is 0.330 e. The van der Waals surface area contributed by atoms with Gasteiger partial charge < -0.3 is 9.47 Å².